The Morgan fingerprint density at radius 3 is 2.50 bits per heavy atom. The minimum absolute atomic E-state index is 0.00416. The summed E-state index contributed by atoms with van der Waals surface area (Å²) in [5, 5.41) is 0.416. The number of hydrogen-bond acceptors (Lipinski definition) is 4. The lowest BCUT2D eigenvalue weighted by molar-refractivity contribution is 0.198. The Morgan fingerprint density at radius 1 is 1.10 bits per heavy atom. The fraction of sp³-hybridized carbons (Fsp3) is 0.304. The summed E-state index contributed by atoms with van der Waals surface area (Å²) in [5.41, 5.74) is 1.10. The maximum atomic E-state index is 13.0. The molecule has 0 aliphatic rings. The molecule has 0 amide bonds. The van der Waals surface area contributed by atoms with E-state index in [4.69, 9.17) is 21.1 Å². The lowest BCUT2D eigenvalue weighted by Gasteiger charge is -2.19. The highest BCUT2D eigenvalue weighted by molar-refractivity contribution is 6.32. The summed E-state index contributed by atoms with van der Waals surface area (Å²) in [6, 6.07) is 11.3. The average molecular weight is 431 g/mol. The molecule has 0 fully saturated rings. The molecule has 5 nitrogen and oxygen atoms in total. The van der Waals surface area contributed by atoms with Gasteiger partial charge in [0.15, 0.2) is 0 Å². The van der Waals surface area contributed by atoms with Crippen LogP contribution in [0.5, 0.6) is 11.6 Å². The van der Waals surface area contributed by atoms with Gasteiger partial charge in [0.05, 0.1) is 23.9 Å². The van der Waals surface area contributed by atoms with Crippen LogP contribution in [0.25, 0.3) is 5.69 Å². The van der Waals surface area contributed by atoms with Crippen molar-refractivity contribution in [3.8, 4) is 17.3 Å². The van der Waals surface area contributed by atoms with Crippen molar-refractivity contribution in [2.24, 2.45) is 5.41 Å². The van der Waals surface area contributed by atoms with E-state index < -0.39 is 5.56 Å². The standard InChI is InChI=1S/C23H24ClFN2O3/c1-23(2,3)15-30-20-9-8-18(14-19(20)24)27-12-11-26-21(22(27)28)29-13-10-16-4-6-17(25)7-5-16/h4-9,11-12,14H,10,13,15H2,1-3H3. The Balaban J connectivity index is 1.71. The van der Waals surface area contributed by atoms with E-state index in [1.54, 1.807) is 36.5 Å². The van der Waals surface area contributed by atoms with Crippen molar-refractivity contribution >= 4 is 11.6 Å². The number of aromatic nitrogens is 2. The monoisotopic (exact) mass is 430 g/mol. The largest absolute Gasteiger partial charge is 0.491 e. The molecule has 0 aliphatic carbocycles. The second kappa shape index (κ2) is 9.30. The molecule has 30 heavy (non-hydrogen) atoms. The van der Waals surface area contributed by atoms with Crippen LogP contribution in [0.15, 0.2) is 59.7 Å². The summed E-state index contributed by atoms with van der Waals surface area (Å²) in [6.45, 7) is 6.99. The van der Waals surface area contributed by atoms with Crippen LogP contribution in [0.4, 0.5) is 4.39 Å². The molecule has 7 heteroatoms. The SMILES string of the molecule is CC(C)(C)COc1ccc(-n2ccnc(OCCc3ccc(F)cc3)c2=O)cc1Cl. The molecule has 1 heterocycles. The van der Waals surface area contributed by atoms with E-state index in [2.05, 4.69) is 25.8 Å². The molecular weight excluding hydrogens is 407 g/mol. The van der Waals surface area contributed by atoms with Crippen LogP contribution in [0, 0.1) is 11.2 Å². The average Bonchev–Trinajstić information content (AvgIpc) is 2.69. The van der Waals surface area contributed by atoms with Crippen molar-refractivity contribution in [2.75, 3.05) is 13.2 Å². The molecule has 0 saturated carbocycles. The van der Waals surface area contributed by atoms with Crippen LogP contribution in [0.1, 0.15) is 26.3 Å². The molecule has 0 N–H and O–H groups in total. The van der Waals surface area contributed by atoms with Crippen LogP contribution in [0.2, 0.25) is 5.02 Å². The van der Waals surface area contributed by atoms with Crippen molar-refractivity contribution in [3.05, 3.63) is 81.6 Å². The molecule has 2 aromatic carbocycles. The summed E-state index contributed by atoms with van der Waals surface area (Å²) < 4.78 is 25.7. The van der Waals surface area contributed by atoms with Crippen LogP contribution in [-0.4, -0.2) is 22.8 Å². The highest BCUT2D eigenvalue weighted by Gasteiger charge is 2.14. The first-order valence-corrected chi connectivity index (χ1v) is 9.98. The molecule has 0 radical (unpaired) electrons. The minimum Gasteiger partial charge on any atom is -0.491 e. The molecular formula is C23H24ClFN2O3. The lowest BCUT2D eigenvalue weighted by atomic mass is 9.99. The molecule has 3 aromatic rings. The van der Waals surface area contributed by atoms with E-state index in [1.165, 1.54) is 22.9 Å². The van der Waals surface area contributed by atoms with Gasteiger partial charge in [-0.15, -0.1) is 0 Å². The van der Waals surface area contributed by atoms with E-state index >= 15 is 0 Å². The maximum absolute atomic E-state index is 13.0. The van der Waals surface area contributed by atoms with Crippen LogP contribution < -0.4 is 15.0 Å². The summed E-state index contributed by atoms with van der Waals surface area (Å²) in [7, 11) is 0. The van der Waals surface area contributed by atoms with Crippen molar-refractivity contribution in [1.82, 2.24) is 9.55 Å². The van der Waals surface area contributed by atoms with Gasteiger partial charge in [-0.25, -0.2) is 9.37 Å². The molecule has 0 unspecified atom stereocenters. The maximum Gasteiger partial charge on any atom is 0.317 e. The Bertz CT molecular complexity index is 1060. The van der Waals surface area contributed by atoms with Gasteiger partial charge in [-0.3, -0.25) is 9.36 Å². The third-order valence-electron chi connectivity index (χ3n) is 4.21. The van der Waals surface area contributed by atoms with Crippen molar-refractivity contribution in [1.29, 1.82) is 0 Å². The van der Waals surface area contributed by atoms with Gasteiger partial charge in [-0.2, -0.15) is 0 Å². The number of halogens is 2. The van der Waals surface area contributed by atoms with Gasteiger partial charge in [0, 0.05) is 18.8 Å². The molecule has 158 valence electrons. The fourth-order valence-corrected chi connectivity index (χ4v) is 2.89. The fourth-order valence-electron chi connectivity index (χ4n) is 2.66. The zero-order chi connectivity index (χ0) is 21.7. The van der Waals surface area contributed by atoms with E-state index in [1.807, 2.05) is 0 Å². The van der Waals surface area contributed by atoms with Gasteiger partial charge in [0.2, 0.25) is 0 Å². The number of ether oxygens (including phenoxy) is 2. The second-order valence-corrected chi connectivity index (χ2v) is 8.50. The van der Waals surface area contributed by atoms with Gasteiger partial charge in [-0.05, 0) is 41.3 Å². The molecule has 0 saturated heterocycles. The Labute approximate surface area is 180 Å². The van der Waals surface area contributed by atoms with E-state index in [0.29, 0.717) is 29.5 Å². The number of rotatable bonds is 7. The number of benzene rings is 2. The van der Waals surface area contributed by atoms with Crippen molar-refractivity contribution in [2.45, 2.75) is 27.2 Å². The first-order chi connectivity index (χ1) is 14.2. The first-order valence-electron chi connectivity index (χ1n) is 9.60. The first kappa shape index (κ1) is 21.8. The third-order valence-corrected chi connectivity index (χ3v) is 4.50. The normalized spacial score (nSPS) is 11.4. The molecule has 0 bridgehead atoms. The van der Waals surface area contributed by atoms with Crippen molar-refractivity contribution < 1.29 is 13.9 Å². The van der Waals surface area contributed by atoms with E-state index in [-0.39, 0.29) is 23.7 Å². The Hall–Kier alpha value is -2.86. The predicted octanol–water partition coefficient (Wildman–Crippen LogP) is 5.07. The predicted molar refractivity (Wildman–Crippen MR) is 115 cm³/mol. The lowest BCUT2D eigenvalue weighted by Crippen LogP contribution is -2.22. The van der Waals surface area contributed by atoms with Crippen LogP contribution >= 0.6 is 11.6 Å². The summed E-state index contributed by atoms with van der Waals surface area (Å²) in [6.07, 6.45) is 3.57. The number of nitrogens with zero attached hydrogens (tertiary/aromatic N) is 2. The highest BCUT2D eigenvalue weighted by Crippen LogP contribution is 2.28. The van der Waals surface area contributed by atoms with Crippen LogP contribution in [0.3, 0.4) is 0 Å². The molecule has 0 aliphatic heterocycles. The van der Waals surface area contributed by atoms with Crippen LogP contribution in [-0.2, 0) is 6.42 Å². The van der Waals surface area contributed by atoms with Crippen molar-refractivity contribution in [3.63, 3.8) is 0 Å². The van der Waals surface area contributed by atoms with E-state index in [0.717, 1.165) is 5.56 Å². The Kier molecular flexibility index (Phi) is 6.77. The number of hydrogen-bond donors (Lipinski definition) is 0. The van der Waals surface area contributed by atoms with Gasteiger partial charge in [0.1, 0.15) is 11.6 Å². The summed E-state index contributed by atoms with van der Waals surface area (Å²) in [4.78, 5) is 16.8. The zero-order valence-corrected chi connectivity index (χ0v) is 17.9. The van der Waals surface area contributed by atoms with Gasteiger partial charge in [-0.1, -0.05) is 44.5 Å². The quantitative estimate of drug-likeness (QED) is 0.525. The molecule has 1 aromatic heterocycles. The zero-order valence-electron chi connectivity index (χ0n) is 17.2. The minimum atomic E-state index is -0.393. The topological polar surface area (TPSA) is 53.4 Å². The summed E-state index contributed by atoms with van der Waals surface area (Å²) in [5.74, 6) is 0.262. The molecule has 0 atom stereocenters. The second-order valence-electron chi connectivity index (χ2n) is 8.10. The van der Waals surface area contributed by atoms with Gasteiger partial charge >= 0.3 is 5.56 Å². The van der Waals surface area contributed by atoms with Gasteiger partial charge < -0.3 is 9.47 Å². The van der Waals surface area contributed by atoms with E-state index in [9.17, 15) is 9.18 Å². The molecule has 0 spiro atoms. The summed E-state index contributed by atoms with van der Waals surface area (Å²) >= 11 is 6.35. The Morgan fingerprint density at radius 2 is 1.83 bits per heavy atom. The molecule has 3 rings (SSSR count). The highest BCUT2D eigenvalue weighted by atomic mass is 35.5. The third kappa shape index (κ3) is 5.83. The smallest absolute Gasteiger partial charge is 0.317 e. The van der Waals surface area contributed by atoms with Gasteiger partial charge in [0.25, 0.3) is 5.88 Å².